The van der Waals surface area contributed by atoms with E-state index in [4.69, 9.17) is 21.1 Å². The molecule has 6 heteroatoms. The number of ether oxygens (including phenoxy) is 2. The van der Waals surface area contributed by atoms with E-state index in [9.17, 15) is 4.79 Å². The fourth-order valence-corrected chi connectivity index (χ4v) is 2.12. The number of carbonyl (C=O) groups is 1. The molecule has 2 aromatic rings. The molecule has 0 aliphatic carbocycles. The van der Waals surface area contributed by atoms with E-state index in [1.807, 2.05) is 12.1 Å². The van der Waals surface area contributed by atoms with Crippen LogP contribution in [0.15, 0.2) is 42.5 Å². The summed E-state index contributed by atoms with van der Waals surface area (Å²) in [6, 6.07) is 12.4. The summed E-state index contributed by atoms with van der Waals surface area (Å²) in [6.07, 6.45) is 0. The minimum absolute atomic E-state index is 0.125. The van der Waals surface area contributed by atoms with E-state index in [0.717, 1.165) is 5.69 Å². The Kier molecular flexibility index (Phi) is 5.49. The number of nitrogens with one attached hydrogen (secondary N) is 2. The highest BCUT2D eigenvalue weighted by molar-refractivity contribution is 6.32. The van der Waals surface area contributed by atoms with Crippen LogP contribution in [0.3, 0.4) is 0 Å². The molecule has 0 aromatic heterocycles. The van der Waals surface area contributed by atoms with Crippen LogP contribution >= 0.6 is 11.6 Å². The van der Waals surface area contributed by atoms with Crippen molar-refractivity contribution in [2.24, 2.45) is 0 Å². The first-order chi connectivity index (χ1) is 10.6. The normalized spacial score (nSPS) is 9.95. The first kappa shape index (κ1) is 16.0. The van der Waals surface area contributed by atoms with E-state index in [-0.39, 0.29) is 12.5 Å². The molecule has 0 aliphatic rings. The van der Waals surface area contributed by atoms with Crippen molar-refractivity contribution in [3.8, 4) is 11.5 Å². The molecule has 0 unspecified atom stereocenters. The minimum Gasteiger partial charge on any atom is -0.497 e. The maximum atomic E-state index is 11.9. The standard InChI is InChI=1S/C16H17ClN2O3/c1-21-13-5-3-4-12(8-13)19-16(20)10-18-11-6-7-15(22-2)14(17)9-11/h3-9,18H,10H2,1-2H3,(H,19,20). The second kappa shape index (κ2) is 7.56. The molecular formula is C16H17ClN2O3. The lowest BCUT2D eigenvalue weighted by Crippen LogP contribution is -2.21. The molecule has 0 saturated heterocycles. The molecule has 0 radical (unpaired) electrons. The number of hydrogen-bond donors (Lipinski definition) is 2. The topological polar surface area (TPSA) is 59.6 Å². The Balaban J connectivity index is 1.91. The van der Waals surface area contributed by atoms with Crippen LogP contribution in [0, 0.1) is 0 Å². The van der Waals surface area contributed by atoms with Crippen LogP contribution in [0.4, 0.5) is 11.4 Å². The molecule has 22 heavy (non-hydrogen) atoms. The van der Waals surface area contributed by atoms with E-state index < -0.39 is 0 Å². The summed E-state index contributed by atoms with van der Waals surface area (Å²) in [5.74, 6) is 1.11. The lowest BCUT2D eigenvalue weighted by atomic mass is 10.3. The number of benzene rings is 2. The summed E-state index contributed by atoms with van der Waals surface area (Å²) in [7, 11) is 3.13. The Hall–Kier alpha value is -2.40. The maximum Gasteiger partial charge on any atom is 0.243 e. The Morgan fingerprint density at radius 2 is 1.91 bits per heavy atom. The zero-order chi connectivity index (χ0) is 15.9. The number of rotatable bonds is 6. The van der Waals surface area contributed by atoms with Crippen LogP contribution in [0.25, 0.3) is 0 Å². The lowest BCUT2D eigenvalue weighted by molar-refractivity contribution is -0.114. The third kappa shape index (κ3) is 4.30. The Morgan fingerprint density at radius 3 is 2.59 bits per heavy atom. The van der Waals surface area contributed by atoms with E-state index in [2.05, 4.69) is 10.6 Å². The molecule has 0 bridgehead atoms. The molecule has 0 heterocycles. The summed E-state index contributed by atoms with van der Waals surface area (Å²) >= 11 is 6.03. The van der Waals surface area contributed by atoms with Crippen LogP contribution in [-0.4, -0.2) is 26.7 Å². The number of halogens is 1. The smallest absolute Gasteiger partial charge is 0.243 e. The van der Waals surface area contributed by atoms with Gasteiger partial charge in [-0.3, -0.25) is 4.79 Å². The lowest BCUT2D eigenvalue weighted by Gasteiger charge is -2.10. The summed E-state index contributed by atoms with van der Waals surface area (Å²) < 4.78 is 10.2. The van der Waals surface area contributed by atoms with Gasteiger partial charge in [-0.2, -0.15) is 0 Å². The van der Waals surface area contributed by atoms with Crippen molar-refractivity contribution in [2.45, 2.75) is 0 Å². The highest BCUT2D eigenvalue weighted by Gasteiger charge is 2.05. The fraction of sp³-hybridized carbons (Fsp3) is 0.188. The zero-order valence-electron chi connectivity index (χ0n) is 12.4. The van der Waals surface area contributed by atoms with Crippen LogP contribution in [0.2, 0.25) is 5.02 Å². The number of anilines is 2. The SMILES string of the molecule is COc1cccc(NC(=O)CNc2ccc(OC)c(Cl)c2)c1. The second-order valence-corrected chi connectivity index (χ2v) is 4.89. The number of hydrogen-bond acceptors (Lipinski definition) is 4. The van der Waals surface area contributed by atoms with Gasteiger partial charge in [0, 0.05) is 17.4 Å². The Labute approximate surface area is 134 Å². The summed E-state index contributed by atoms with van der Waals surface area (Å²) in [5, 5.41) is 6.27. The van der Waals surface area contributed by atoms with Crippen molar-refractivity contribution >= 4 is 28.9 Å². The molecule has 5 nitrogen and oxygen atoms in total. The van der Waals surface area contributed by atoms with E-state index in [1.165, 1.54) is 0 Å². The largest absolute Gasteiger partial charge is 0.497 e. The number of amides is 1. The second-order valence-electron chi connectivity index (χ2n) is 4.48. The molecule has 2 aromatic carbocycles. The fourth-order valence-electron chi connectivity index (χ4n) is 1.86. The van der Waals surface area contributed by atoms with Gasteiger partial charge in [0.1, 0.15) is 11.5 Å². The quantitative estimate of drug-likeness (QED) is 0.856. The van der Waals surface area contributed by atoms with Crippen molar-refractivity contribution in [2.75, 3.05) is 31.4 Å². The highest BCUT2D eigenvalue weighted by Crippen LogP contribution is 2.27. The van der Waals surface area contributed by atoms with E-state index in [0.29, 0.717) is 22.2 Å². The first-order valence-corrected chi connectivity index (χ1v) is 7.01. The third-order valence-corrected chi connectivity index (χ3v) is 3.25. The third-order valence-electron chi connectivity index (χ3n) is 2.96. The Morgan fingerprint density at radius 1 is 1.09 bits per heavy atom. The molecule has 1 amide bonds. The molecular weight excluding hydrogens is 304 g/mol. The van der Waals surface area contributed by atoms with Crippen molar-refractivity contribution in [3.05, 3.63) is 47.5 Å². The van der Waals surface area contributed by atoms with Crippen LogP contribution in [-0.2, 0) is 4.79 Å². The molecule has 0 atom stereocenters. The van der Waals surface area contributed by atoms with Gasteiger partial charge < -0.3 is 20.1 Å². The number of carbonyl (C=O) groups excluding carboxylic acids is 1. The zero-order valence-corrected chi connectivity index (χ0v) is 13.1. The highest BCUT2D eigenvalue weighted by atomic mass is 35.5. The maximum absolute atomic E-state index is 11.9. The van der Waals surface area contributed by atoms with Crippen LogP contribution < -0.4 is 20.1 Å². The predicted molar refractivity (Wildman–Crippen MR) is 88.1 cm³/mol. The number of methoxy groups -OCH3 is 2. The summed E-state index contributed by atoms with van der Waals surface area (Å²) in [4.78, 5) is 11.9. The molecule has 2 N–H and O–H groups in total. The van der Waals surface area contributed by atoms with E-state index >= 15 is 0 Å². The van der Waals surface area contributed by atoms with Crippen LogP contribution in [0.5, 0.6) is 11.5 Å². The summed E-state index contributed by atoms with van der Waals surface area (Å²) in [6.45, 7) is 0.125. The molecule has 0 fully saturated rings. The average Bonchev–Trinajstić information content (AvgIpc) is 2.53. The molecule has 2 rings (SSSR count). The molecule has 0 saturated carbocycles. The minimum atomic E-state index is -0.166. The molecule has 0 aliphatic heterocycles. The van der Waals surface area contributed by atoms with Gasteiger partial charge in [0.05, 0.1) is 25.8 Å². The van der Waals surface area contributed by atoms with Gasteiger partial charge in [-0.1, -0.05) is 17.7 Å². The van der Waals surface area contributed by atoms with Gasteiger partial charge in [-0.15, -0.1) is 0 Å². The van der Waals surface area contributed by atoms with Crippen molar-refractivity contribution in [1.29, 1.82) is 0 Å². The first-order valence-electron chi connectivity index (χ1n) is 6.63. The van der Waals surface area contributed by atoms with Gasteiger partial charge in [0.15, 0.2) is 0 Å². The Bertz CT molecular complexity index is 662. The van der Waals surface area contributed by atoms with Crippen LogP contribution in [0.1, 0.15) is 0 Å². The van der Waals surface area contributed by atoms with Gasteiger partial charge in [-0.25, -0.2) is 0 Å². The van der Waals surface area contributed by atoms with Crippen molar-refractivity contribution in [1.82, 2.24) is 0 Å². The van der Waals surface area contributed by atoms with Crippen molar-refractivity contribution < 1.29 is 14.3 Å². The van der Waals surface area contributed by atoms with Gasteiger partial charge >= 0.3 is 0 Å². The summed E-state index contributed by atoms with van der Waals surface area (Å²) in [5.41, 5.74) is 1.42. The monoisotopic (exact) mass is 320 g/mol. The van der Waals surface area contributed by atoms with Gasteiger partial charge in [0.2, 0.25) is 5.91 Å². The average molecular weight is 321 g/mol. The van der Waals surface area contributed by atoms with E-state index in [1.54, 1.807) is 44.6 Å². The van der Waals surface area contributed by atoms with Gasteiger partial charge in [0.25, 0.3) is 0 Å². The van der Waals surface area contributed by atoms with Gasteiger partial charge in [-0.05, 0) is 30.3 Å². The predicted octanol–water partition coefficient (Wildman–Crippen LogP) is 3.41. The molecule has 0 spiro atoms. The molecule has 116 valence electrons. The van der Waals surface area contributed by atoms with Crippen molar-refractivity contribution in [3.63, 3.8) is 0 Å².